The van der Waals surface area contributed by atoms with E-state index in [9.17, 15) is 4.79 Å². The molecule has 1 aliphatic carbocycles. The van der Waals surface area contributed by atoms with E-state index < -0.39 is 0 Å². The van der Waals surface area contributed by atoms with Gasteiger partial charge in [-0.3, -0.25) is 9.79 Å². The maximum absolute atomic E-state index is 11.2. The summed E-state index contributed by atoms with van der Waals surface area (Å²) in [6.07, 6.45) is 4.02. The third-order valence-electron chi connectivity index (χ3n) is 2.00. The summed E-state index contributed by atoms with van der Waals surface area (Å²) in [5, 5.41) is 8.81. The molecule has 1 rings (SSSR count). The van der Waals surface area contributed by atoms with Crippen molar-refractivity contribution in [2.45, 2.75) is 18.9 Å². The molecule has 3 N–H and O–H groups in total. The van der Waals surface area contributed by atoms with Gasteiger partial charge in [0.15, 0.2) is 5.96 Å². The van der Waals surface area contributed by atoms with Gasteiger partial charge in [-0.15, -0.1) is 6.58 Å². The SMILES string of the molecule is C=CCNC(=O)CNC(=NC)NC1CC1. The van der Waals surface area contributed by atoms with E-state index in [0.29, 0.717) is 18.5 Å². The number of nitrogens with zero attached hydrogens (tertiary/aromatic N) is 1. The van der Waals surface area contributed by atoms with Gasteiger partial charge in [0.05, 0.1) is 6.54 Å². The van der Waals surface area contributed by atoms with Gasteiger partial charge in [-0.25, -0.2) is 0 Å². The van der Waals surface area contributed by atoms with Gasteiger partial charge in [0, 0.05) is 19.6 Å². The average Bonchev–Trinajstić information content (AvgIpc) is 3.04. The minimum absolute atomic E-state index is 0.0614. The van der Waals surface area contributed by atoms with Crippen molar-refractivity contribution in [3.05, 3.63) is 12.7 Å². The predicted octanol–water partition coefficient (Wildman–Crippen LogP) is -0.384. The zero-order valence-corrected chi connectivity index (χ0v) is 9.05. The smallest absolute Gasteiger partial charge is 0.239 e. The number of hydrogen-bond acceptors (Lipinski definition) is 2. The number of carbonyl (C=O) groups excluding carboxylic acids is 1. The van der Waals surface area contributed by atoms with Crippen LogP contribution in [0.2, 0.25) is 0 Å². The highest BCUT2D eigenvalue weighted by molar-refractivity contribution is 5.86. The van der Waals surface area contributed by atoms with Gasteiger partial charge in [0.25, 0.3) is 0 Å². The lowest BCUT2D eigenvalue weighted by molar-refractivity contribution is -0.119. The van der Waals surface area contributed by atoms with Crippen LogP contribution in [0.5, 0.6) is 0 Å². The first-order valence-corrected chi connectivity index (χ1v) is 5.11. The Bertz CT molecular complexity index is 258. The lowest BCUT2D eigenvalue weighted by Crippen LogP contribution is -2.43. The van der Waals surface area contributed by atoms with E-state index >= 15 is 0 Å². The molecule has 1 amide bonds. The van der Waals surface area contributed by atoms with Crippen LogP contribution in [0, 0.1) is 0 Å². The molecule has 0 aliphatic heterocycles. The number of amides is 1. The summed E-state index contributed by atoms with van der Waals surface area (Å²) in [5.41, 5.74) is 0. The highest BCUT2D eigenvalue weighted by atomic mass is 16.1. The molecule has 0 saturated heterocycles. The highest BCUT2D eigenvalue weighted by Crippen LogP contribution is 2.18. The van der Waals surface area contributed by atoms with E-state index in [1.165, 1.54) is 12.8 Å². The predicted molar refractivity (Wildman–Crippen MR) is 60.7 cm³/mol. The Balaban J connectivity index is 2.15. The van der Waals surface area contributed by atoms with E-state index in [2.05, 4.69) is 27.5 Å². The Hall–Kier alpha value is -1.52. The molecule has 84 valence electrons. The van der Waals surface area contributed by atoms with Gasteiger partial charge in [0.2, 0.25) is 5.91 Å². The van der Waals surface area contributed by atoms with Crippen LogP contribution in [0.1, 0.15) is 12.8 Å². The van der Waals surface area contributed by atoms with E-state index in [4.69, 9.17) is 0 Å². The van der Waals surface area contributed by atoms with Gasteiger partial charge in [-0.1, -0.05) is 6.08 Å². The van der Waals surface area contributed by atoms with Crippen molar-refractivity contribution in [2.24, 2.45) is 4.99 Å². The molecule has 0 radical (unpaired) electrons. The lowest BCUT2D eigenvalue weighted by Gasteiger charge is -2.10. The van der Waals surface area contributed by atoms with E-state index in [0.717, 1.165) is 0 Å². The first kappa shape index (κ1) is 11.6. The number of guanidine groups is 1. The van der Waals surface area contributed by atoms with Crippen molar-refractivity contribution < 1.29 is 4.79 Å². The lowest BCUT2D eigenvalue weighted by atomic mass is 10.5. The van der Waals surface area contributed by atoms with Crippen molar-refractivity contribution in [3.63, 3.8) is 0 Å². The van der Waals surface area contributed by atoms with Crippen LogP contribution in [0.3, 0.4) is 0 Å². The van der Waals surface area contributed by atoms with Crippen molar-refractivity contribution in [1.29, 1.82) is 0 Å². The third kappa shape index (κ3) is 5.05. The van der Waals surface area contributed by atoms with Crippen molar-refractivity contribution in [1.82, 2.24) is 16.0 Å². The Morgan fingerprint density at radius 2 is 2.27 bits per heavy atom. The average molecular weight is 210 g/mol. The molecule has 0 atom stereocenters. The first-order chi connectivity index (χ1) is 7.26. The fraction of sp³-hybridized carbons (Fsp3) is 0.600. The number of nitrogens with one attached hydrogen (secondary N) is 3. The molecule has 0 spiro atoms. The van der Waals surface area contributed by atoms with Crippen molar-refractivity contribution >= 4 is 11.9 Å². The Morgan fingerprint density at radius 1 is 1.53 bits per heavy atom. The van der Waals surface area contributed by atoms with Gasteiger partial charge in [-0.05, 0) is 12.8 Å². The molecular formula is C10H18N4O. The van der Waals surface area contributed by atoms with Crippen LogP contribution in [0.15, 0.2) is 17.6 Å². The molecular weight excluding hydrogens is 192 g/mol. The molecule has 0 unspecified atom stereocenters. The fourth-order valence-corrected chi connectivity index (χ4v) is 1.03. The zero-order valence-electron chi connectivity index (χ0n) is 9.05. The maximum Gasteiger partial charge on any atom is 0.239 e. The number of aliphatic imine (C=N–C) groups is 1. The molecule has 1 saturated carbocycles. The van der Waals surface area contributed by atoms with Gasteiger partial charge >= 0.3 is 0 Å². The molecule has 1 fully saturated rings. The van der Waals surface area contributed by atoms with Crippen molar-refractivity contribution in [3.8, 4) is 0 Å². The summed E-state index contributed by atoms with van der Waals surface area (Å²) in [5.74, 6) is 0.625. The van der Waals surface area contributed by atoms with Gasteiger partial charge in [0.1, 0.15) is 0 Å². The Labute approximate surface area is 90.0 Å². The number of carbonyl (C=O) groups is 1. The standard InChI is InChI=1S/C10H18N4O/c1-3-6-12-9(15)7-13-10(11-2)14-8-4-5-8/h3,8H,1,4-7H2,2H3,(H,12,15)(H2,11,13,14). The summed E-state index contributed by atoms with van der Waals surface area (Å²) >= 11 is 0. The van der Waals surface area contributed by atoms with Crippen LogP contribution < -0.4 is 16.0 Å². The monoisotopic (exact) mass is 210 g/mol. The van der Waals surface area contributed by atoms with E-state index in [-0.39, 0.29) is 12.5 Å². The molecule has 0 aromatic rings. The van der Waals surface area contributed by atoms with Gasteiger partial charge in [-0.2, -0.15) is 0 Å². The Kier molecular flexibility index (Phi) is 4.66. The van der Waals surface area contributed by atoms with Gasteiger partial charge < -0.3 is 16.0 Å². The summed E-state index contributed by atoms with van der Waals surface area (Å²) < 4.78 is 0. The molecule has 0 aromatic heterocycles. The minimum atomic E-state index is -0.0614. The molecule has 5 heteroatoms. The summed E-state index contributed by atoms with van der Waals surface area (Å²) in [7, 11) is 1.69. The normalized spacial score (nSPS) is 15.7. The van der Waals surface area contributed by atoms with Crippen LogP contribution in [-0.2, 0) is 4.79 Å². The molecule has 15 heavy (non-hydrogen) atoms. The molecule has 0 aromatic carbocycles. The second kappa shape index (κ2) is 6.06. The Morgan fingerprint density at radius 3 is 2.80 bits per heavy atom. The molecule has 0 heterocycles. The van der Waals surface area contributed by atoms with E-state index in [1.54, 1.807) is 13.1 Å². The third-order valence-corrected chi connectivity index (χ3v) is 2.00. The summed E-state index contributed by atoms with van der Waals surface area (Å²) in [6.45, 7) is 4.25. The topological polar surface area (TPSA) is 65.5 Å². The second-order valence-corrected chi connectivity index (χ2v) is 3.44. The minimum Gasteiger partial charge on any atom is -0.354 e. The largest absolute Gasteiger partial charge is 0.354 e. The summed E-state index contributed by atoms with van der Waals surface area (Å²) in [4.78, 5) is 15.2. The quantitative estimate of drug-likeness (QED) is 0.329. The zero-order chi connectivity index (χ0) is 11.1. The van der Waals surface area contributed by atoms with E-state index in [1.807, 2.05) is 0 Å². The fourth-order valence-electron chi connectivity index (χ4n) is 1.03. The first-order valence-electron chi connectivity index (χ1n) is 5.11. The second-order valence-electron chi connectivity index (χ2n) is 3.44. The van der Waals surface area contributed by atoms with Crippen molar-refractivity contribution in [2.75, 3.05) is 20.1 Å². The molecule has 1 aliphatic rings. The van der Waals surface area contributed by atoms with Crippen LogP contribution in [0.25, 0.3) is 0 Å². The number of hydrogen-bond donors (Lipinski definition) is 3. The van der Waals surface area contributed by atoms with Crippen LogP contribution >= 0.6 is 0 Å². The molecule has 5 nitrogen and oxygen atoms in total. The molecule has 0 bridgehead atoms. The van der Waals surface area contributed by atoms with Crippen LogP contribution in [0.4, 0.5) is 0 Å². The highest BCUT2D eigenvalue weighted by Gasteiger charge is 2.22. The summed E-state index contributed by atoms with van der Waals surface area (Å²) in [6, 6.07) is 0.535. The number of rotatable bonds is 5. The van der Waals surface area contributed by atoms with Crippen LogP contribution in [-0.4, -0.2) is 38.0 Å². The maximum atomic E-state index is 11.2.